The number of likely N-dealkylation sites (tertiary alicyclic amines) is 1. The Kier molecular flexibility index (Phi) is 6.02. The molecule has 0 aromatic heterocycles. The fourth-order valence-corrected chi connectivity index (χ4v) is 2.43. The molecule has 3 N–H and O–H groups in total. The number of carbonyl (C=O) groups is 1. The molecular weight excluding hydrogens is 254 g/mol. The van der Waals surface area contributed by atoms with E-state index in [1.165, 1.54) is 5.57 Å². The molecular formula is C15H29N3O2. The molecule has 1 saturated heterocycles. The van der Waals surface area contributed by atoms with Crippen LogP contribution in [0.2, 0.25) is 0 Å². The highest BCUT2D eigenvalue weighted by Crippen LogP contribution is 2.25. The number of carbonyl (C=O) groups excluding carboxylic acids is 1. The second kappa shape index (κ2) is 7.09. The molecule has 0 saturated carbocycles. The molecule has 1 aliphatic heterocycles. The number of ether oxygens (including phenoxy) is 1. The predicted octanol–water partition coefficient (Wildman–Crippen LogP) is 2.43. The summed E-state index contributed by atoms with van der Waals surface area (Å²) in [5, 5.41) is 0. The number of hydrogen-bond acceptors (Lipinski definition) is 4. The van der Waals surface area contributed by atoms with E-state index in [0.29, 0.717) is 12.5 Å². The Balaban J connectivity index is 2.53. The second-order valence-corrected chi connectivity index (χ2v) is 6.56. The summed E-state index contributed by atoms with van der Waals surface area (Å²) in [5.74, 6) is 6.01. The van der Waals surface area contributed by atoms with Crippen LogP contribution in [-0.2, 0) is 4.74 Å². The molecule has 1 heterocycles. The topological polar surface area (TPSA) is 67.6 Å². The van der Waals surface area contributed by atoms with Gasteiger partial charge in [0.15, 0.2) is 0 Å². The fraction of sp³-hybridized carbons (Fsp3) is 0.800. The predicted molar refractivity (Wildman–Crippen MR) is 81.1 cm³/mol. The minimum atomic E-state index is -0.447. The number of nitrogens with zero attached hydrogens (tertiary/aromatic N) is 1. The van der Waals surface area contributed by atoms with Crippen LogP contribution in [0.3, 0.4) is 0 Å². The lowest BCUT2D eigenvalue weighted by Gasteiger charge is -2.26. The van der Waals surface area contributed by atoms with Gasteiger partial charge in [-0.1, -0.05) is 19.1 Å². The van der Waals surface area contributed by atoms with Crippen molar-refractivity contribution in [3.8, 4) is 0 Å². The van der Waals surface area contributed by atoms with Gasteiger partial charge in [-0.2, -0.15) is 0 Å². The summed E-state index contributed by atoms with van der Waals surface area (Å²) >= 11 is 0. The molecule has 1 aliphatic rings. The van der Waals surface area contributed by atoms with E-state index in [4.69, 9.17) is 10.6 Å². The lowest BCUT2D eigenvalue weighted by Crippen LogP contribution is -2.43. The quantitative estimate of drug-likeness (QED) is 0.462. The van der Waals surface area contributed by atoms with Crippen molar-refractivity contribution in [2.45, 2.75) is 58.6 Å². The van der Waals surface area contributed by atoms with Crippen molar-refractivity contribution in [2.24, 2.45) is 11.8 Å². The summed E-state index contributed by atoms with van der Waals surface area (Å²) in [6.07, 6.45) is 2.54. The van der Waals surface area contributed by atoms with E-state index in [1.54, 1.807) is 4.90 Å². The zero-order valence-corrected chi connectivity index (χ0v) is 13.2. The maximum Gasteiger partial charge on any atom is 0.410 e. The van der Waals surface area contributed by atoms with Crippen molar-refractivity contribution in [3.63, 3.8) is 0 Å². The van der Waals surface area contributed by atoms with Gasteiger partial charge >= 0.3 is 6.09 Å². The summed E-state index contributed by atoms with van der Waals surface area (Å²) in [4.78, 5) is 13.8. The molecule has 2 unspecified atom stereocenters. The Hall–Kier alpha value is -1.07. The van der Waals surface area contributed by atoms with Crippen LogP contribution in [0.5, 0.6) is 0 Å². The van der Waals surface area contributed by atoms with Gasteiger partial charge in [-0.3, -0.25) is 11.3 Å². The van der Waals surface area contributed by atoms with Crippen molar-refractivity contribution >= 4 is 6.09 Å². The van der Waals surface area contributed by atoms with Gasteiger partial charge in [0.05, 0.1) is 0 Å². The van der Waals surface area contributed by atoms with E-state index in [0.717, 1.165) is 25.8 Å². The first-order chi connectivity index (χ1) is 9.26. The molecule has 0 radical (unpaired) electrons. The summed E-state index contributed by atoms with van der Waals surface area (Å²) in [6.45, 7) is 13.2. The Morgan fingerprint density at radius 2 is 2.20 bits per heavy atom. The molecule has 1 rings (SSSR count). The van der Waals surface area contributed by atoms with E-state index in [-0.39, 0.29) is 12.1 Å². The van der Waals surface area contributed by atoms with Gasteiger partial charge in [-0.15, -0.1) is 0 Å². The molecule has 0 bridgehead atoms. The number of amides is 1. The Morgan fingerprint density at radius 3 is 2.70 bits per heavy atom. The normalized spacial score (nSPS) is 20.9. The first-order valence-electron chi connectivity index (χ1n) is 7.37. The highest BCUT2D eigenvalue weighted by atomic mass is 16.6. The van der Waals surface area contributed by atoms with E-state index in [1.807, 2.05) is 20.8 Å². The van der Waals surface area contributed by atoms with E-state index in [2.05, 4.69) is 18.9 Å². The number of hydrogen-bond donors (Lipinski definition) is 2. The molecule has 0 spiro atoms. The zero-order valence-electron chi connectivity index (χ0n) is 13.2. The monoisotopic (exact) mass is 283 g/mol. The third-order valence-electron chi connectivity index (χ3n) is 3.67. The van der Waals surface area contributed by atoms with Crippen molar-refractivity contribution < 1.29 is 9.53 Å². The summed E-state index contributed by atoms with van der Waals surface area (Å²) in [5.41, 5.74) is 3.61. The van der Waals surface area contributed by atoms with Gasteiger partial charge in [0.25, 0.3) is 0 Å². The molecule has 0 aromatic carbocycles. The van der Waals surface area contributed by atoms with Gasteiger partial charge in [-0.05, 0) is 46.0 Å². The smallest absolute Gasteiger partial charge is 0.410 e. The third kappa shape index (κ3) is 5.13. The van der Waals surface area contributed by atoms with Crippen molar-refractivity contribution in [1.29, 1.82) is 0 Å². The van der Waals surface area contributed by atoms with Crippen LogP contribution in [0.15, 0.2) is 12.2 Å². The number of nitrogens with two attached hydrogens (primary N) is 1. The van der Waals surface area contributed by atoms with Gasteiger partial charge in [0.2, 0.25) is 0 Å². The molecule has 1 amide bonds. The van der Waals surface area contributed by atoms with Crippen LogP contribution < -0.4 is 11.3 Å². The van der Waals surface area contributed by atoms with Crippen LogP contribution in [0, 0.1) is 5.92 Å². The standard InChI is InChI=1S/C15H29N3O2/c1-6-11(2)9-13(17-16)12-7-8-18(10-12)14(19)20-15(3,4)5/h12-13,17H,2,6-10,16H2,1,3-5H3. The van der Waals surface area contributed by atoms with E-state index in [9.17, 15) is 4.79 Å². The second-order valence-electron chi connectivity index (χ2n) is 6.56. The highest BCUT2D eigenvalue weighted by Gasteiger charge is 2.33. The fourth-order valence-electron chi connectivity index (χ4n) is 2.43. The Labute approximate surface area is 122 Å². The van der Waals surface area contributed by atoms with Crippen LogP contribution in [-0.4, -0.2) is 35.7 Å². The summed E-state index contributed by atoms with van der Waals surface area (Å²) < 4.78 is 5.40. The molecule has 116 valence electrons. The molecule has 5 heteroatoms. The minimum absolute atomic E-state index is 0.176. The molecule has 2 atom stereocenters. The van der Waals surface area contributed by atoms with Crippen LogP contribution in [0.4, 0.5) is 4.79 Å². The maximum atomic E-state index is 12.0. The first kappa shape index (κ1) is 17.0. The van der Waals surface area contributed by atoms with Crippen molar-refractivity contribution in [1.82, 2.24) is 10.3 Å². The number of nitrogens with one attached hydrogen (secondary N) is 1. The van der Waals surface area contributed by atoms with Gasteiger partial charge < -0.3 is 9.64 Å². The average Bonchev–Trinajstić information content (AvgIpc) is 2.83. The summed E-state index contributed by atoms with van der Waals surface area (Å²) in [6, 6.07) is 0.176. The van der Waals surface area contributed by atoms with Crippen LogP contribution in [0.1, 0.15) is 47.0 Å². The van der Waals surface area contributed by atoms with E-state index < -0.39 is 5.60 Å². The van der Waals surface area contributed by atoms with Crippen LogP contribution >= 0.6 is 0 Å². The van der Waals surface area contributed by atoms with Gasteiger partial charge in [0, 0.05) is 19.1 Å². The summed E-state index contributed by atoms with van der Waals surface area (Å²) in [7, 11) is 0. The minimum Gasteiger partial charge on any atom is -0.444 e. The lowest BCUT2D eigenvalue weighted by atomic mass is 9.93. The Bertz CT molecular complexity index is 350. The van der Waals surface area contributed by atoms with Crippen molar-refractivity contribution in [3.05, 3.63) is 12.2 Å². The zero-order chi connectivity index (χ0) is 15.3. The molecule has 1 fully saturated rings. The molecule has 0 aliphatic carbocycles. The highest BCUT2D eigenvalue weighted by molar-refractivity contribution is 5.68. The largest absolute Gasteiger partial charge is 0.444 e. The average molecular weight is 283 g/mol. The Morgan fingerprint density at radius 1 is 1.55 bits per heavy atom. The SMILES string of the molecule is C=C(CC)CC(NN)C1CCN(C(=O)OC(C)(C)C)C1. The van der Waals surface area contributed by atoms with Gasteiger partial charge in [0.1, 0.15) is 5.60 Å². The molecule has 20 heavy (non-hydrogen) atoms. The van der Waals surface area contributed by atoms with Gasteiger partial charge in [-0.25, -0.2) is 4.79 Å². The maximum absolute atomic E-state index is 12.0. The molecule has 5 nitrogen and oxygen atoms in total. The number of rotatable bonds is 5. The lowest BCUT2D eigenvalue weighted by molar-refractivity contribution is 0.0285. The first-order valence-corrected chi connectivity index (χ1v) is 7.37. The molecule has 0 aromatic rings. The number of hydrazine groups is 1. The van der Waals surface area contributed by atoms with Crippen LogP contribution in [0.25, 0.3) is 0 Å². The third-order valence-corrected chi connectivity index (χ3v) is 3.67. The van der Waals surface area contributed by atoms with E-state index >= 15 is 0 Å². The van der Waals surface area contributed by atoms with Crippen molar-refractivity contribution in [2.75, 3.05) is 13.1 Å².